The first kappa shape index (κ1) is 13.4. The topological polar surface area (TPSA) is 75.3 Å². The number of imidazole rings is 1. The number of rotatable bonds is 7. The first-order chi connectivity index (χ1) is 7.62. The van der Waals surface area contributed by atoms with E-state index < -0.39 is 10.0 Å². The van der Waals surface area contributed by atoms with Crippen molar-refractivity contribution >= 4 is 21.6 Å². The zero-order valence-electron chi connectivity index (χ0n) is 8.89. The lowest BCUT2D eigenvalue weighted by molar-refractivity contribution is 0.180. The van der Waals surface area contributed by atoms with Gasteiger partial charge < -0.3 is 9.72 Å². The third kappa shape index (κ3) is 3.18. The van der Waals surface area contributed by atoms with Crippen LogP contribution in [0.4, 0.5) is 0 Å². The molecule has 6 nitrogen and oxygen atoms in total. The Hall–Kier alpha value is -0.630. The Morgan fingerprint density at radius 2 is 2.31 bits per heavy atom. The van der Waals surface area contributed by atoms with Crippen molar-refractivity contribution in [2.75, 3.05) is 32.7 Å². The number of alkyl halides is 1. The van der Waals surface area contributed by atoms with E-state index in [2.05, 4.69) is 9.97 Å². The van der Waals surface area contributed by atoms with E-state index in [4.69, 9.17) is 16.3 Å². The van der Waals surface area contributed by atoms with Gasteiger partial charge in [0.1, 0.15) is 0 Å². The van der Waals surface area contributed by atoms with Gasteiger partial charge in [-0.3, -0.25) is 0 Å². The number of hydrogen-bond acceptors (Lipinski definition) is 4. The minimum Gasteiger partial charge on any atom is -0.383 e. The van der Waals surface area contributed by atoms with Crippen molar-refractivity contribution in [3.8, 4) is 0 Å². The fourth-order valence-electron chi connectivity index (χ4n) is 1.16. The van der Waals surface area contributed by atoms with Gasteiger partial charge in [0, 0.05) is 26.1 Å². The van der Waals surface area contributed by atoms with Crippen LogP contribution in [0.15, 0.2) is 17.6 Å². The van der Waals surface area contributed by atoms with Crippen LogP contribution in [0.1, 0.15) is 0 Å². The first-order valence-corrected chi connectivity index (χ1v) is 6.64. The molecule has 0 saturated heterocycles. The quantitative estimate of drug-likeness (QED) is 0.721. The number of nitrogens with one attached hydrogen (secondary N) is 1. The Labute approximate surface area is 99.6 Å². The van der Waals surface area contributed by atoms with Crippen LogP contribution in [0.3, 0.4) is 0 Å². The zero-order valence-corrected chi connectivity index (χ0v) is 10.5. The molecule has 1 aromatic heterocycles. The fourth-order valence-corrected chi connectivity index (χ4v) is 2.79. The van der Waals surface area contributed by atoms with Crippen molar-refractivity contribution in [1.29, 1.82) is 0 Å². The average molecular weight is 268 g/mol. The monoisotopic (exact) mass is 267 g/mol. The third-order valence-corrected chi connectivity index (χ3v) is 3.96. The van der Waals surface area contributed by atoms with E-state index in [0.29, 0.717) is 6.61 Å². The van der Waals surface area contributed by atoms with Gasteiger partial charge in [-0.05, 0) is 0 Å². The van der Waals surface area contributed by atoms with Gasteiger partial charge in [0.25, 0.3) is 10.0 Å². The SMILES string of the molecule is COCCN(CCCl)S(=O)(=O)c1cnc[nH]1. The molecule has 1 N–H and O–H groups in total. The van der Waals surface area contributed by atoms with Crippen molar-refractivity contribution in [3.05, 3.63) is 12.5 Å². The maximum atomic E-state index is 12.0. The highest BCUT2D eigenvalue weighted by Crippen LogP contribution is 2.11. The second kappa shape index (κ2) is 6.19. The molecule has 0 aromatic carbocycles. The smallest absolute Gasteiger partial charge is 0.260 e. The van der Waals surface area contributed by atoms with Gasteiger partial charge in [-0.25, -0.2) is 13.4 Å². The van der Waals surface area contributed by atoms with Crippen LogP contribution >= 0.6 is 11.6 Å². The standard InChI is InChI=1S/C8H14ClN3O3S/c1-15-5-4-12(3-2-9)16(13,14)8-6-10-7-11-8/h6-7H,2-5H2,1H3,(H,10,11). The van der Waals surface area contributed by atoms with Crippen LogP contribution < -0.4 is 0 Å². The lowest BCUT2D eigenvalue weighted by Gasteiger charge is -2.19. The van der Waals surface area contributed by atoms with Crippen molar-refractivity contribution in [3.63, 3.8) is 0 Å². The molecule has 0 aliphatic carbocycles. The van der Waals surface area contributed by atoms with Crippen LogP contribution in [-0.4, -0.2) is 55.4 Å². The molecule has 0 radical (unpaired) electrons. The van der Waals surface area contributed by atoms with E-state index in [-0.39, 0.29) is 24.0 Å². The molecular formula is C8H14ClN3O3S. The maximum Gasteiger partial charge on any atom is 0.260 e. The summed E-state index contributed by atoms with van der Waals surface area (Å²) in [6.07, 6.45) is 2.59. The normalized spacial score (nSPS) is 12.2. The Morgan fingerprint density at radius 1 is 1.56 bits per heavy atom. The van der Waals surface area contributed by atoms with Gasteiger partial charge in [0.2, 0.25) is 0 Å². The number of hydrogen-bond donors (Lipinski definition) is 1. The molecule has 1 rings (SSSR count). The molecule has 8 heteroatoms. The number of aromatic amines is 1. The molecule has 16 heavy (non-hydrogen) atoms. The molecule has 0 aliphatic rings. The summed E-state index contributed by atoms with van der Waals surface area (Å²) in [6.45, 7) is 0.834. The lowest BCUT2D eigenvalue weighted by Crippen LogP contribution is -2.35. The second-order valence-corrected chi connectivity index (χ2v) is 5.29. The van der Waals surface area contributed by atoms with Crippen LogP contribution in [0, 0.1) is 0 Å². The summed E-state index contributed by atoms with van der Waals surface area (Å²) in [7, 11) is -2.03. The molecule has 92 valence electrons. The van der Waals surface area contributed by atoms with Gasteiger partial charge in [0.05, 0.1) is 19.1 Å². The predicted molar refractivity (Wildman–Crippen MR) is 59.9 cm³/mol. The molecule has 1 heterocycles. The molecule has 0 fully saturated rings. The summed E-state index contributed by atoms with van der Waals surface area (Å²) in [4.78, 5) is 6.25. The van der Waals surface area contributed by atoms with E-state index in [9.17, 15) is 8.42 Å². The van der Waals surface area contributed by atoms with Crippen LogP contribution in [-0.2, 0) is 14.8 Å². The summed E-state index contributed by atoms with van der Waals surface area (Å²) >= 11 is 5.57. The summed E-state index contributed by atoms with van der Waals surface area (Å²) in [5, 5.41) is 0.0636. The second-order valence-electron chi connectivity index (χ2n) is 3.00. The van der Waals surface area contributed by atoms with Gasteiger partial charge in [-0.15, -0.1) is 11.6 Å². The molecule has 0 unspecified atom stereocenters. The number of sulfonamides is 1. The van der Waals surface area contributed by atoms with Gasteiger partial charge in [-0.1, -0.05) is 0 Å². The van der Waals surface area contributed by atoms with E-state index in [1.54, 1.807) is 0 Å². The minimum atomic E-state index is -3.54. The van der Waals surface area contributed by atoms with E-state index in [1.165, 1.54) is 23.9 Å². The molecule has 1 aromatic rings. The Kier molecular flexibility index (Phi) is 5.20. The lowest BCUT2D eigenvalue weighted by atomic mass is 10.6. The van der Waals surface area contributed by atoms with Crippen LogP contribution in [0.2, 0.25) is 0 Å². The molecule has 0 aliphatic heterocycles. The largest absolute Gasteiger partial charge is 0.383 e. The number of nitrogens with zero attached hydrogens (tertiary/aromatic N) is 2. The highest BCUT2D eigenvalue weighted by Gasteiger charge is 2.24. The van der Waals surface area contributed by atoms with Crippen molar-refractivity contribution < 1.29 is 13.2 Å². The third-order valence-electron chi connectivity index (χ3n) is 1.97. The Bertz CT molecular complexity index is 393. The summed E-state index contributed by atoms with van der Waals surface area (Å²) in [6, 6.07) is 0. The van der Waals surface area contributed by atoms with Crippen LogP contribution in [0.5, 0.6) is 0 Å². The van der Waals surface area contributed by atoms with Crippen molar-refractivity contribution in [2.45, 2.75) is 5.03 Å². The average Bonchev–Trinajstić information content (AvgIpc) is 2.77. The van der Waals surface area contributed by atoms with Gasteiger partial charge in [-0.2, -0.15) is 4.31 Å². The number of halogens is 1. The van der Waals surface area contributed by atoms with Crippen LogP contribution in [0.25, 0.3) is 0 Å². The van der Waals surface area contributed by atoms with E-state index in [0.717, 1.165) is 0 Å². The fraction of sp³-hybridized carbons (Fsp3) is 0.625. The molecule has 0 atom stereocenters. The minimum absolute atomic E-state index is 0.0636. The molecule has 0 saturated carbocycles. The first-order valence-electron chi connectivity index (χ1n) is 4.66. The molecule has 0 amide bonds. The Morgan fingerprint density at radius 3 is 2.81 bits per heavy atom. The summed E-state index contributed by atoms with van der Waals surface area (Å²) in [5.41, 5.74) is 0. The number of ether oxygens (including phenoxy) is 1. The molecule has 0 spiro atoms. The zero-order chi connectivity index (χ0) is 12.0. The van der Waals surface area contributed by atoms with Gasteiger partial charge >= 0.3 is 0 Å². The van der Waals surface area contributed by atoms with E-state index >= 15 is 0 Å². The Balaban J connectivity index is 2.84. The number of aromatic nitrogens is 2. The summed E-state index contributed by atoms with van der Waals surface area (Å²) in [5.74, 6) is 0.233. The van der Waals surface area contributed by atoms with E-state index in [1.807, 2.05) is 0 Å². The predicted octanol–water partition coefficient (Wildman–Crippen LogP) is 0.286. The van der Waals surface area contributed by atoms with Gasteiger partial charge in [0.15, 0.2) is 5.03 Å². The number of methoxy groups -OCH3 is 1. The summed E-state index contributed by atoms with van der Waals surface area (Å²) < 4.78 is 30.2. The highest BCUT2D eigenvalue weighted by molar-refractivity contribution is 7.89. The van der Waals surface area contributed by atoms with Crippen molar-refractivity contribution in [2.24, 2.45) is 0 Å². The maximum absolute atomic E-state index is 12.0. The molecule has 0 bridgehead atoms. The highest BCUT2D eigenvalue weighted by atomic mass is 35.5. The molecular weight excluding hydrogens is 254 g/mol. The van der Waals surface area contributed by atoms with Crippen molar-refractivity contribution in [1.82, 2.24) is 14.3 Å². The number of H-pyrrole nitrogens is 1.